The van der Waals surface area contributed by atoms with Gasteiger partial charge in [0, 0.05) is 41.9 Å². The van der Waals surface area contributed by atoms with Gasteiger partial charge in [0.05, 0.1) is 5.52 Å². The molecule has 35 heavy (non-hydrogen) atoms. The number of aromatic nitrogens is 3. The first-order valence-corrected chi connectivity index (χ1v) is 11.9. The molecular formula is C26H25ClN6O2. The standard InChI is InChI=1S/C26H25ClN6O2/c1-2-22-25(34)31(15-17-5-10-20-21(14-17)29-16-30-24(20)28)12-13-33(22)26(35)23-4-3-11-32(23)19-8-6-18(27)7-9-19/h3-11,14,16,22H,2,12-13,15H2,1H3,(H2,28,29,30)/t22-/m0/s1. The van der Waals surface area contributed by atoms with Crippen LogP contribution in [0.25, 0.3) is 16.6 Å². The van der Waals surface area contributed by atoms with E-state index in [4.69, 9.17) is 17.3 Å². The fourth-order valence-electron chi connectivity index (χ4n) is 4.60. The van der Waals surface area contributed by atoms with E-state index < -0.39 is 6.04 Å². The first kappa shape index (κ1) is 22.9. The molecule has 2 aromatic heterocycles. The maximum absolute atomic E-state index is 13.6. The maximum Gasteiger partial charge on any atom is 0.271 e. The molecule has 1 fully saturated rings. The maximum atomic E-state index is 13.6. The first-order valence-electron chi connectivity index (χ1n) is 11.5. The third-order valence-electron chi connectivity index (χ3n) is 6.41. The minimum absolute atomic E-state index is 0.0565. The number of hydrogen-bond acceptors (Lipinski definition) is 5. The van der Waals surface area contributed by atoms with Gasteiger partial charge in [-0.05, 0) is 60.5 Å². The van der Waals surface area contributed by atoms with Crippen molar-refractivity contribution in [2.45, 2.75) is 25.9 Å². The number of halogens is 1. The van der Waals surface area contributed by atoms with Crippen molar-refractivity contribution in [3.63, 3.8) is 0 Å². The molecule has 1 saturated heterocycles. The second-order valence-corrected chi connectivity index (χ2v) is 8.97. The first-order chi connectivity index (χ1) is 17.0. The molecule has 4 aromatic rings. The smallest absolute Gasteiger partial charge is 0.271 e. The zero-order chi connectivity index (χ0) is 24.5. The number of carbonyl (C=O) groups is 2. The number of nitrogens with two attached hydrogens (primary N) is 1. The SMILES string of the molecule is CC[C@H]1C(=O)N(Cc2ccc3c(N)ncnc3c2)CCN1C(=O)c1cccn1-c1ccc(Cl)cc1. The summed E-state index contributed by atoms with van der Waals surface area (Å²) in [5.74, 6) is 0.209. The zero-order valence-electron chi connectivity index (χ0n) is 19.3. The van der Waals surface area contributed by atoms with Gasteiger partial charge in [0.25, 0.3) is 5.91 Å². The van der Waals surface area contributed by atoms with Crippen molar-refractivity contribution in [2.75, 3.05) is 18.8 Å². The highest BCUT2D eigenvalue weighted by Gasteiger charge is 2.37. The third-order valence-corrected chi connectivity index (χ3v) is 6.66. The topological polar surface area (TPSA) is 97.3 Å². The van der Waals surface area contributed by atoms with Gasteiger partial charge < -0.3 is 20.1 Å². The van der Waals surface area contributed by atoms with Gasteiger partial charge in [-0.2, -0.15) is 0 Å². The van der Waals surface area contributed by atoms with Crippen molar-refractivity contribution in [2.24, 2.45) is 0 Å². The van der Waals surface area contributed by atoms with Crippen LogP contribution in [0.3, 0.4) is 0 Å². The largest absolute Gasteiger partial charge is 0.383 e. The van der Waals surface area contributed by atoms with Crippen LogP contribution in [0.5, 0.6) is 0 Å². The van der Waals surface area contributed by atoms with Crippen molar-refractivity contribution in [3.05, 3.63) is 83.4 Å². The molecule has 5 rings (SSSR count). The van der Waals surface area contributed by atoms with E-state index in [9.17, 15) is 9.59 Å². The molecule has 9 heteroatoms. The molecule has 0 spiro atoms. The summed E-state index contributed by atoms with van der Waals surface area (Å²) in [6.07, 6.45) is 3.81. The Kier molecular flexibility index (Phi) is 6.13. The molecule has 1 atom stereocenters. The van der Waals surface area contributed by atoms with Crippen molar-refractivity contribution < 1.29 is 9.59 Å². The van der Waals surface area contributed by atoms with E-state index in [-0.39, 0.29) is 11.8 Å². The van der Waals surface area contributed by atoms with Gasteiger partial charge in [-0.15, -0.1) is 0 Å². The summed E-state index contributed by atoms with van der Waals surface area (Å²) >= 11 is 6.02. The van der Waals surface area contributed by atoms with Gasteiger partial charge in [0.2, 0.25) is 5.91 Å². The lowest BCUT2D eigenvalue weighted by atomic mass is 10.1. The molecule has 8 nitrogen and oxygen atoms in total. The monoisotopic (exact) mass is 488 g/mol. The minimum Gasteiger partial charge on any atom is -0.383 e. The van der Waals surface area contributed by atoms with Gasteiger partial charge in [-0.3, -0.25) is 9.59 Å². The summed E-state index contributed by atoms with van der Waals surface area (Å²) < 4.78 is 1.82. The Balaban J connectivity index is 1.35. The quantitative estimate of drug-likeness (QED) is 0.459. The third kappa shape index (κ3) is 4.33. The Labute approximate surface area is 207 Å². The van der Waals surface area contributed by atoms with Gasteiger partial charge in [0.1, 0.15) is 23.9 Å². The zero-order valence-corrected chi connectivity index (χ0v) is 20.0. The summed E-state index contributed by atoms with van der Waals surface area (Å²) in [5, 5.41) is 1.41. The van der Waals surface area contributed by atoms with Crippen LogP contribution in [0, 0.1) is 0 Å². The average molecular weight is 489 g/mol. The summed E-state index contributed by atoms with van der Waals surface area (Å²) in [4.78, 5) is 38.8. The second-order valence-electron chi connectivity index (χ2n) is 8.53. The van der Waals surface area contributed by atoms with Gasteiger partial charge in [0.15, 0.2) is 0 Å². The molecule has 0 saturated carbocycles. The van der Waals surface area contributed by atoms with Crippen molar-refractivity contribution in [1.29, 1.82) is 0 Å². The fourth-order valence-corrected chi connectivity index (χ4v) is 4.73. The lowest BCUT2D eigenvalue weighted by molar-refractivity contribution is -0.141. The lowest BCUT2D eigenvalue weighted by Crippen LogP contribution is -2.58. The molecule has 1 aliphatic heterocycles. The molecular weight excluding hydrogens is 464 g/mol. The number of rotatable bonds is 5. The normalized spacial score (nSPS) is 16.2. The molecule has 178 valence electrons. The Bertz CT molecular complexity index is 1400. The predicted octanol–water partition coefficient (Wildman–Crippen LogP) is 3.92. The van der Waals surface area contributed by atoms with Crippen LogP contribution in [0.2, 0.25) is 5.02 Å². The number of hydrogen-bond donors (Lipinski definition) is 1. The van der Waals surface area contributed by atoms with E-state index in [1.54, 1.807) is 23.1 Å². The second kappa shape index (κ2) is 9.38. The summed E-state index contributed by atoms with van der Waals surface area (Å²) in [7, 11) is 0. The number of amides is 2. The minimum atomic E-state index is -0.525. The summed E-state index contributed by atoms with van der Waals surface area (Å²) in [5.41, 5.74) is 8.97. The molecule has 3 heterocycles. The van der Waals surface area contributed by atoms with Gasteiger partial charge in [-0.25, -0.2) is 9.97 Å². The molecule has 1 aliphatic rings. The predicted molar refractivity (Wildman–Crippen MR) is 135 cm³/mol. The molecule has 2 amide bonds. The number of anilines is 1. The van der Waals surface area contributed by atoms with Crippen LogP contribution in [-0.2, 0) is 11.3 Å². The van der Waals surface area contributed by atoms with Crippen molar-refractivity contribution in [1.82, 2.24) is 24.3 Å². The molecule has 0 aliphatic carbocycles. The number of piperazine rings is 1. The fraction of sp³-hybridized carbons (Fsp3) is 0.231. The number of nitrogen functional groups attached to an aromatic ring is 1. The highest BCUT2D eigenvalue weighted by molar-refractivity contribution is 6.30. The Hall–Kier alpha value is -3.91. The molecule has 2 N–H and O–H groups in total. The van der Waals surface area contributed by atoms with E-state index in [1.807, 2.05) is 59.0 Å². The van der Waals surface area contributed by atoms with Crippen LogP contribution in [-0.4, -0.2) is 55.3 Å². The van der Waals surface area contributed by atoms with E-state index in [2.05, 4.69) is 9.97 Å². The lowest BCUT2D eigenvalue weighted by Gasteiger charge is -2.40. The van der Waals surface area contributed by atoms with Crippen LogP contribution < -0.4 is 5.73 Å². The molecule has 2 aromatic carbocycles. The summed E-state index contributed by atoms with van der Waals surface area (Å²) in [6.45, 7) is 3.28. The summed E-state index contributed by atoms with van der Waals surface area (Å²) in [6, 6.07) is 16.1. The van der Waals surface area contributed by atoms with E-state index in [0.717, 1.165) is 22.2 Å². The Morgan fingerprint density at radius 1 is 1.11 bits per heavy atom. The number of benzene rings is 2. The Morgan fingerprint density at radius 3 is 2.69 bits per heavy atom. The molecule has 0 bridgehead atoms. The highest BCUT2D eigenvalue weighted by atomic mass is 35.5. The molecule has 0 radical (unpaired) electrons. The van der Waals surface area contributed by atoms with Crippen molar-refractivity contribution in [3.8, 4) is 5.69 Å². The van der Waals surface area contributed by atoms with Crippen LogP contribution in [0.15, 0.2) is 67.1 Å². The number of nitrogens with zero attached hydrogens (tertiary/aromatic N) is 5. The van der Waals surface area contributed by atoms with Crippen molar-refractivity contribution >= 4 is 40.1 Å². The average Bonchev–Trinajstić information content (AvgIpc) is 3.35. The highest BCUT2D eigenvalue weighted by Crippen LogP contribution is 2.24. The van der Waals surface area contributed by atoms with Crippen LogP contribution in [0.4, 0.5) is 5.82 Å². The van der Waals surface area contributed by atoms with Crippen LogP contribution in [0.1, 0.15) is 29.4 Å². The van der Waals surface area contributed by atoms with E-state index in [0.29, 0.717) is 42.6 Å². The number of carbonyl (C=O) groups excluding carboxylic acids is 2. The number of fused-ring (bicyclic) bond motifs is 1. The van der Waals surface area contributed by atoms with E-state index >= 15 is 0 Å². The Morgan fingerprint density at radius 2 is 1.91 bits per heavy atom. The van der Waals surface area contributed by atoms with Gasteiger partial charge in [-0.1, -0.05) is 24.6 Å². The van der Waals surface area contributed by atoms with E-state index in [1.165, 1.54) is 6.33 Å². The van der Waals surface area contributed by atoms with Gasteiger partial charge >= 0.3 is 0 Å². The molecule has 0 unspecified atom stereocenters. The van der Waals surface area contributed by atoms with Crippen LogP contribution >= 0.6 is 11.6 Å².